The number of thiazole rings is 1. The Balaban J connectivity index is 2.76. The van der Waals surface area contributed by atoms with Crippen LogP contribution in [0.5, 0.6) is 0 Å². The zero-order valence-corrected chi connectivity index (χ0v) is 12.3. The van der Waals surface area contributed by atoms with Gasteiger partial charge >= 0.3 is 0 Å². The number of likely N-dealkylation sites (N-methyl/N-ethyl adjacent to an activating group) is 1. The molecule has 17 heavy (non-hydrogen) atoms. The molecule has 0 radical (unpaired) electrons. The summed E-state index contributed by atoms with van der Waals surface area (Å²) in [6, 6.07) is 0.316. The SMILES string of the molecule is CCNC(Cc1nccs1)C(OC)C(C)(C)C. The number of aromatic nitrogens is 1. The Morgan fingerprint density at radius 2 is 2.18 bits per heavy atom. The molecule has 2 unspecified atom stereocenters. The van der Waals surface area contributed by atoms with Crippen LogP contribution in [0.1, 0.15) is 32.7 Å². The maximum atomic E-state index is 5.69. The van der Waals surface area contributed by atoms with Crippen LogP contribution in [-0.4, -0.2) is 30.8 Å². The lowest BCUT2D eigenvalue weighted by molar-refractivity contribution is -0.0106. The van der Waals surface area contributed by atoms with E-state index in [1.54, 1.807) is 18.4 Å². The fourth-order valence-corrected chi connectivity index (χ4v) is 2.89. The van der Waals surface area contributed by atoms with Crippen molar-refractivity contribution in [3.05, 3.63) is 16.6 Å². The summed E-state index contributed by atoms with van der Waals surface area (Å²) in [5, 5.41) is 6.71. The number of rotatable bonds is 6. The Bertz CT molecular complexity index is 306. The van der Waals surface area contributed by atoms with Gasteiger partial charge in [-0.05, 0) is 12.0 Å². The van der Waals surface area contributed by atoms with Crippen molar-refractivity contribution in [2.75, 3.05) is 13.7 Å². The van der Waals surface area contributed by atoms with Gasteiger partial charge in [-0.3, -0.25) is 0 Å². The van der Waals surface area contributed by atoms with Gasteiger partial charge in [-0.25, -0.2) is 4.98 Å². The first-order chi connectivity index (χ1) is 7.99. The van der Waals surface area contributed by atoms with Gasteiger partial charge in [0.15, 0.2) is 0 Å². The second kappa shape index (κ2) is 6.47. The Kier molecular flexibility index (Phi) is 5.56. The molecule has 1 rings (SSSR count). The molecule has 0 amide bonds. The van der Waals surface area contributed by atoms with Gasteiger partial charge in [0.25, 0.3) is 0 Å². The van der Waals surface area contributed by atoms with Gasteiger partial charge in [-0.1, -0.05) is 27.7 Å². The van der Waals surface area contributed by atoms with E-state index in [9.17, 15) is 0 Å². The van der Waals surface area contributed by atoms with Gasteiger partial charge in [0.1, 0.15) is 0 Å². The van der Waals surface area contributed by atoms with Gasteiger partial charge in [0, 0.05) is 31.1 Å². The molecule has 0 spiro atoms. The van der Waals surface area contributed by atoms with E-state index in [0.29, 0.717) is 6.04 Å². The summed E-state index contributed by atoms with van der Waals surface area (Å²) in [5.41, 5.74) is 0.124. The molecule has 0 aliphatic rings. The second-order valence-electron chi connectivity index (χ2n) is 5.32. The minimum absolute atomic E-state index is 0.124. The van der Waals surface area contributed by atoms with Crippen molar-refractivity contribution in [2.45, 2.75) is 46.3 Å². The maximum absolute atomic E-state index is 5.69. The summed E-state index contributed by atoms with van der Waals surface area (Å²) in [6.07, 6.45) is 2.98. The molecule has 1 heterocycles. The first kappa shape index (κ1) is 14.6. The van der Waals surface area contributed by atoms with Crippen LogP contribution in [0.3, 0.4) is 0 Å². The molecule has 2 atom stereocenters. The summed E-state index contributed by atoms with van der Waals surface area (Å²) in [7, 11) is 1.79. The predicted molar refractivity (Wildman–Crippen MR) is 73.5 cm³/mol. The molecule has 4 heteroatoms. The van der Waals surface area contributed by atoms with Crippen LogP contribution in [0, 0.1) is 5.41 Å². The van der Waals surface area contributed by atoms with Gasteiger partial charge < -0.3 is 10.1 Å². The Morgan fingerprint density at radius 1 is 1.47 bits per heavy atom. The van der Waals surface area contributed by atoms with Gasteiger partial charge in [-0.2, -0.15) is 0 Å². The summed E-state index contributed by atoms with van der Waals surface area (Å²) in [4.78, 5) is 4.36. The number of methoxy groups -OCH3 is 1. The Morgan fingerprint density at radius 3 is 2.59 bits per heavy atom. The molecule has 0 fully saturated rings. The molecule has 1 aromatic rings. The highest BCUT2D eigenvalue weighted by Crippen LogP contribution is 2.26. The summed E-state index contributed by atoms with van der Waals surface area (Å²) < 4.78 is 5.69. The smallest absolute Gasteiger partial charge is 0.0941 e. The average Bonchev–Trinajstić information content (AvgIpc) is 2.69. The number of hydrogen-bond donors (Lipinski definition) is 1. The molecule has 1 N–H and O–H groups in total. The third-order valence-corrected chi connectivity index (χ3v) is 3.62. The Labute approximate surface area is 109 Å². The van der Waals surface area contributed by atoms with Crippen LogP contribution < -0.4 is 5.32 Å². The lowest BCUT2D eigenvalue weighted by Crippen LogP contribution is -2.48. The largest absolute Gasteiger partial charge is 0.379 e. The van der Waals surface area contributed by atoms with E-state index < -0.39 is 0 Å². The third kappa shape index (κ3) is 4.37. The molecule has 3 nitrogen and oxygen atoms in total. The lowest BCUT2D eigenvalue weighted by Gasteiger charge is -2.36. The molecular weight excluding hydrogens is 232 g/mol. The Hall–Kier alpha value is -0.450. The van der Waals surface area contributed by atoms with E-state index in [2.05, 4.69) is 38.0 Å². The molecule has 0 saturated heterocycles. The van der Waals surface area contributed by atoms with Crippen LogP contribution >= 0.6 is 11.3 Å². The zero-order valence-electron chi connectivity index (χ0n) is 11.5. The fraction of sp³-hybridized carbons (Fsp3) is 0.769. The van der Waals surface area contributed by atoms with Crippen LogP contribution in [0.25, 0.3) is 0 Å². The van der Waals surface area contributed by atoms with Gasteiger partial charge in [0.2, 0.25) is 0 Å². The molecule has 0 aromatic carbocycles. The topological polar surface area (TPSA) is 34.2 Å². The standard InChI is InChI=1S/C13H24N2OS/c1-6-14-10(9-11-15-7-8-17-11)12(16-5)13(2,3)4/h7-8,10,12,14H,6,9H2,1-5H3. The minimum atomic E-state index is 0.124. The molecule has 0 aliphatic carbocycles. The fourth-order valence-electron chi connectivity index (χ4n) is 2.21. The van der Waals surface area contributed by atoms with Crippen molar-refractivity contribution in [1.82, 2.24) is 10.3 Å². The average molecular weight is 256 g/mol. The van der Waals surface area contributed by atoms with E-state index in [0.717, 1.165) is 13.0 Å². The zero-order chi connectivity index (χ0) is 12.9. The number of ether oxygens (including phenoxy) is 1. The molecule has 0 aliphatic heterocycles. The number of hydrogen-bond acceptors (Lipinski definition) is 4. The van der Waals surface area contributed by atoms with E-state index >= 15 is 0 Å². The number of nitrogens with zero attached hydrogens (tertiary/aromatic N) is 1. The lowest BCUT2D eigenvalue weighted by atomic mass is 9.83. The first-order valence-corrected chi connectivity index (χ1v) is 7.01. The first-order valence-electron chi connectivity index (χ1n) is 6.13. The quantitative estimate of drug-likeness (QED) is 0.850. The molecule has 1 aromatic heterocycles. The number of nitrogens with one attached hydrogen (secondary N) is 1. The molecule has 98 valence electrons. The molecular formula is C13H24N2OS. The van der Waals surface area contributed by atoms with E-state index in [1.807, 2.05) is 11.6 Å². The van der Waals surface area contributed by atoms with E-state index in [4.69, 9.17) is 4.74 Å². The van der Waals surface area contributed by atoms with Crippen LogP contribution in [0.15, 0.2) is 11.6 Å². The van der Waals surface area contributed by atoms with E-state index in [1.165, 1.54) is 5.01 Å². The highest BCUT2D eigenvalue weighted by atomic mass is 32.1. The third-order valence-electron chi connectivity index (χ3n) is 2.82. The van der Waals surface area contributed by atoms with Crippen molar-refractivity contribution in [2.24, 2.45) is 5.41 Å². The van der Waals surface area contributed by atoms with Crippen molar-refractivity contribution in [3.8, 4) is 0 Å². The monoisotopic (exact) mass is 256 g/mol. The molecule has 0 bridgehead atoms. The van der Waals surface area contributed by atoms with Gasteiger partial charge in [0.05, 0.1) is 11.1 Å². The maximum Gasteiger partial charge on any atom is 0.0941 e. The van der Waals surface area contributed by atoms with Crippen molar-refractivity contribution in [3.63, 3.8) is 0 Å². The second-order valence-corrected chi connectivity index (χ2v) is 6.30. The minimum Gasteiger partial charge on any atom is -0.379 e. The summed E-state index contributed by atoms with van der Waals surface area (Å²) in [5.74, 6) is 0. The molecule has 0 saturated carbocycles. The predicted octanol–water partition coefficient (Wildman–Crippen LogP) is 2.72. The van der Waals surface area contributed by atoms with Crippen molar-refractivity contribution < 1.29 is 4.74 Å². The van der Waals surface area contributed by atoms with Gasteiger partial charge in [-0.15, -0.1) is 11.3 Å². The normalized spacial score (nSPS) is 15.8. The highest BCUT2D eigenvalue weighted by Gasteiger charge is 2.32. The summed E-state index contributed by atoms with van der Waals surface area (Å²) >= 11 is 1.71. The van der Waals surface area contributed by atoms with Crippen LogP contribution in [0.4, 0.5) is 0 Å². The highest BCUT2D eigenvalue weighted by molar-refractivity contribution is 7.09. The summed E-state index contributed by atoms with van der Waals surface area (Å²) in [6.45, 7) is 9.73. The van der Waals surface area contributed by atoms with E-state index in [-0.39, 0.29) is 11.5 Å². The van der Waals surface area contributed by atoms with Crippen molar-refractivity contribution >= 4 is 11.3 Å². The van der Waals surface area contributed by atoms with Crippen LogP contribution in [0.2, 0.25) is 0 Å². The van der Waals surface area contributed by atoms with Crippen LogP contribution in [-0.2, 0) is 11.2 Å². The van der Waals surface area contributed by atoms with Crippen molar-refractivity contribution in [1.29, 1.82) is 0 Å².